The fraction of sp³-hybridized carbons (Fsp3) is 0.323. The van der Waals surface area contributed by atoms with E-state index in [1.54, 1.807) is 0 Å². The standard InChI is InChI=1S/C62H57NO/c1-58(2)29-30-59(3,4)52-35-44(25-27-50(52)58)63(43-18-14-17-42(34-43)61(41-15-6-5-7-16-41)48-21-10-8-19-46(48)47-20-9-11-22-49(47)61)45-26-28-55-53(36-45)62(51-23-12-13-24-54(51)64-55)56-32-39-31-40-33-57(62)60(56,37-39)38-40/h5-28,34-36,39-40,56-57H,29-33,37-38H2,1-4H3. The predicted molar refractivity (Wildman–Crippen MR) is 260 cm³/mol. The van der Waals surface area contributed by atoms with Gasteiger partial charge in [-0.25, -0.2) is 0 Å². The van der Waals surface area contributed by atoms with Crippen LogP contribution in [0, 0.1) is 29.1 Å². The number of fused-ring (bicyclic) bond motifs is 12. The number of rotatable bonds is 5. The Kier molecular flexibility index (Phi) is 7.44. The summed E-state index contributed by atoms with van der Waals surface area (Å²) in [6.07, 6.45) is 9.42. The topological polar surface area (TPSA) is 12.5 Å². The molecule has 6 aliphatic carbocycles. The minimum Gasteiger partial charge on any atom is -0.457 e. The number of para-hydroxylation sites is 1. The molecular weight excluding hydrogens is 775 g/mol. The van der Waals surface area contributed by atoms with Crippen LogP contribution in [0.15, 0.2) is 164 Å². The van der Waals surface area contributed by atoms with Gasteiger partial charge in [-0.2, -0.15) is 0 Å². The second-order valence-corrected chi connectivity index (χ2v) is 22.4. The van der Waals surface area contributed by atoms with Crippen LogP contribution >= 0.6 is 0 Å². The Bertz CT molecular complexity index is 3010. The Morgan fingerprint density at radius 2 is 0.984 bits per heavy atom. The van der Waals surface area contributed by atoms with Crippen LogP contribution in [0.25, 0.3) is 11.1 Å². The Hall–Kier alpha value is -5.86. The van der Waals surface area contributed by atoms with Gasteiger partial charge < -0.3 is 9.64 Å². The molecule has 2 nitrogen and oxygen atoms in total. The lowest BCUT2D eigenvalue weighted by Gasteiger charge is -2.66. The molecule has 7 aliphatic rings. The lowest BCUT2D eigenvalue weighted by Crippen LogP contribution is -2.64. The number of hydrogen-bond donors (Lipinski definition) is 0. The molecule has 14 rings (SSSR count). The van der Waals surface area contributed by atoms with Gasteiger partial charge in [0.15, 0.2) is 0 Å². The maximum atomic E-state index is 7.01. The fourth-order valence-corrected chi connectivity index (χ4v) is 16.3. The van der Waals surface area contributed by atoms with Gasteiger partial charge in [0.1, 0.15) is 11.5 Å². The summed E-state index contributed by atoms with van der Waals surface area (Å²) >= 11 is 0. The molecule has 0 radical (unpaired) electrons. The molecule has 3 bridgehead atoms. The van der Waals surface area contributed by atoms with E-state index in [4.69, 9.17) is 4.74 Å². The van der Waals surface area contributed by atoms with Crippen molar-refractivity contribution in [1.82, 2.24) is 0 Å². The van der Waals surface area contributed by atoms with Gasteiger partial charge in [0.2, 0.25) is 0 Å². The van der Waals surface area contributed by atoms with Crippen molar-refractivity contribution in [2.24, 2.45) is 29.1 Å². The molecule has 4 atom stereocenters. The van der Waals surface area contributed by atoms with Crippen LogP contribution in [0.5, 0.6) is 11.5 Å². The third-order valence-corrected chi connectivity index (χ3v) is 18.6. The number of nitrogens with zero attached hydrogens (tertiary/aromatic N) is 1. The predicted octanol–water partition coefficient (Wildman–Crippen LogP) is 15.7. The molecule has 2 spiro atoms. The first-order valence-electron chi connectivity index (χ1n) is 24.4. The highest BCUT2D eigenvalue weighted by Crippen LogP contribution is 2.85. The smallest absolute Gasteiger partial charge is 0.131 e. The van der Waals surface area contributed by atoms with Gasteiger partial charge in [-0.3, -0.25) is 0 Å². The molecule has 1 aliphatic heterocycles. The van der Waals surface area contributed by atoms with E-state index in [9.17, 15) is 0 Å². The van der Waals surface area contributed by atoms with Crippen molar-refractivity contribution in [3.05, 3.63) is 208 Å². The molecule has 4 fully saturated rings. The zero-order chi connectivity index (χ0) is 42.8. The number of benzene rings is 7. The summed E-state index contributed by atoms with van der Waals surface area (Å²) in [4.78, 5) is 2.61. The molecule has 64 heavy (non-hydrogen) atoms. The van der Waals surface area contributed by atoms with E-state index in [1.807, 2.05) is 0 Å². The van der Waals surface area contributed by atoms with Gasteiger partial charge in [-0.05, 0) is 178 Å². The van der Waals surface area contributed by atoms with Gasteiger partial charge in [0, 0.05) is 33.6 Å². The third kappa shape index (κ3) is 4.62. The van der Waals surface area contributed by atoms with E-state index in [1.165, 1.54) is 118 Å². The van der Waals surface area contributed by atoms with Gasteiger partial charge in [0.05, 0.1) is 5.41 Å². The Morgan fingerprint density at radius 3 is 1.69 bits per heavy atom. The largest absolute Gasteiger partial charge is 0.457 e. The van der Waals surface area contributed by atoms with Crippen LogP contribution in [0.1, 0.15) is 117 Å². The molecule has 7 aromatic rings. The van der Waals surface area contributed by atoms with Gasteiger partial charge in [-0.1, -0.05) is 143 Å². The van der Waals surface area contributed by atoms with Crippen molar-refractivity contribution in [1.29, 1.82) is 0 Å². The zero-order valence-corrected chi connectivity index (χ0v) is 37.7. The Morgan fingerprint density at radius 1 is 0.438 bits per heavy atom. The summed E-state index contributed by atoms with van der Waals surface area (Å²) in [5, 5.41) is 0. The van der Waals surface area contributed by atoms with Crippen LogP contribution in [-0.2, 0) is 21.7 Å². The molecular formula is C62H57NO. The summed E-state index contributed by atoms with van der Waals surface area (Å²) < 4.78 is 7.01. The summed E-state index contributed by atoms with van der Waals surface area (Å²) in [5.74, 6) is 5.22. The van der Waals surface area contributed by atoms with Crippen molar-refractivity contribution in [3.63, 3.8) is 0 Å². The monoisotopic (exact) mass is 831 g/mol. The van der Waals surface area contributed by atoms with Gasteiger partial charge in [-0.15, -0.1) is 0 Å². The van der Waals surface area contributed by atoms with E-state index in [0.717, 1.165) is 23.3 Å². The first kappa shape index (κ1) is 37.5. The second kappa shape index (κ2) is 12.7. The van der Waals surface area contributed by atoms with Gasteiger partial charge in [0.25, 0.3) is 0 Å². The summed E-state index contributed by atoms with van der Waals surface area (Å²) in [7, 11) is 0. The van der Waals surface area contributed by atoms with Crippen LogP contribution in [0.2, 0.25) is 0 Å². The highest BCUT2D eigenvalue weighted by atomic mass is 16.5. The molecule has 0 saturated heterocycles. The third-order valence-electron chi connectivity index (χ3n) is 18.6. The van der Waals surface area contributed by atoms with Crippen LogP contribution < -0.4 is 9.64 Å². The van der Waals surface area contributed by atoms with Crippen molar-refractivity contribution < 1.29 is 4.74 Å². The molecule has 4 saturated carbocycles. The summed E-state index contributed by atoms with van der Waals surface area (Å²) in [5.41, 5.74) is 17.5. The molecule has 0 aromatic heterocycles. The fourth-order valence-electron chi connectivity index (χ4n) is 16.3. The Balaban J connectivity index is 1.01. The maximum Gasteiger partial charge on any atom is 0.131 e. The van der Waals surface area contributed by atoms with Crippen molar-refractivity contribution in [3.8, 4) is 22.6 Å². The Labute approximate surface area is 379 Å². The average molecular weight is 832 g/mol. The average Bonchev–Trinajstić information content (AvgIpc) is 3.86. The van der Waals surface area contributed by atoms with Crippen LogP contribution in [-0.4, -0.2) is 0 Å². The van der Waals surface area contributed by atoms with E-state index in [0.29, 0.717) is 17.3 Å². The lowest BCUT2D eigenvalue weighted by atomic mass is 9.37. The molecule has 316 valence electrons. The number of anilines is 3. The quantitative estimate of drug-likeness (QED) is 0.171. The summed E-state index contributed by atoms with van der Waals surface area (Å²) in [6.45, 7) is 9.81. The highest BCUT2D eigenvalue weighted by Gasteiger charge is 2.79. The molecule has 0 amide bonds. The van der Waals surface area contributed by atoms with E-state index >= 15 is 0 Å². The second-order valence-electron chi connectivity index (χ2n) is 22.4. The van der Waals surface area contributed by atoms with E-state index < -0.39 is 5.41 Å². The van der Waals surface area contributed by atoms with Crippen LogP contribution in [0.4, 0.5) is 17.1 Å². The normalized spacial score (nSPS) is 28.2. The minimum absolute atomic E-state index is 0.0197. The first-order valence-corrected chi connectivity index (χ1v) is 24.4. The van der Waals surface area contributed by atoms with E-state index in [-0.39, 0.29) is 16.2 Å². The molecule has 0 N–H and O–H groups in total. The molecule has 2 heteroatoms. The summed E-state index contributed by atoms with van der Waals surface area (Å²) in [6, 6.07) is 63.0. The van der Waals surface area contributed by atoms with Crippen molar-refractivity contribution in [2.45, 2.75) is 94.3 Å². The van der Waals surface area contributed by atoms with Crippen molar-refractivity contribution >= 4 is 17.1 Å². The first-order chi connectivity index (χ1) is 31.1. The van der Waals surface area contributed by atoms with Crippen LogP contribution in [0.3, 0.4) is 0 Å². The SMILES string of the molecule is CC1(C)CCC(C)(C)c2cc(N(c3cccc(C4(c5ccccc5)c5ccccc5-c5ccccc54)c3)c3ccc4c(c3)C3(c5ccccc5O4)C4CC5CC6CC3C4(C5)C6)ccc21. The zero-order valence-electron chi connectivity index (χ0n) is 37.7. The molecule has 4 unspecified atom stereocenters. The lowest BCUT2D eigenvalue weighted by molar-refractivity contribution is -0.0882. The van der Waals surface area contributed by atoms with Crippen molar-refractivity contribution in [2.75, 3.05) is 4.90 Å². The molecule has 7 aromatic carbocycles. The molecule has 1 heterocycles. The number of hydrogen-bond acceptors (Lipinski definition) is 2. The minimum atomic E-state index is -0.490. The van der Waals surface area contributed by atoms with Gasteiger partial charge >= 0.3 is 0 Å². The van der Waals surface area contributed by atoms with E-state index in [2.05, 4.69) is 196 Å². The maximum absolute atomic E-state index is 7.01. The number of ether oxygens (including phenoxy) is 1. The highest BCUT2D eigenvalue weighted by molar-refractivity contribution is 5.87.